The standard InChI is InChI=1S/C27H29F4N5O2/c1-2-33-25(38)27(11-9-21(28)29,12-10-22(30)31)18-7-8-20-19(13-18)23(35-26(32)34-20)24(37)36-14-16-5-3-4-6-17(16)15-36/h3-8,13,21-22H,2,9-12,14-15H2,1H3,(H,33,38)(H2,32,34,35). The molecule has 1 aromatic heterocycles. The van der Waals surface area contributed by atoms with Crippen molar-refractivity contribution in [2.45, 2.75) is 64.0 Å². The molecule has 3 aromatic rings. The summed E-state index contributed by atoms with van der Waals surface area (Å²) in [5, 5.41) is 2.89. The molecule has 2 amide bonds. The molecule has 0 radical (unpaired) electrons. The number of likely N-dealkylation sites (N-methyl/N-ethyl adjacent to an activating group) is 1. The number of nitrogens with one attached hydrogen (secondary N) is 1. The Kier molecular flexibility index (Phi) is 8.13. The molecule has 1 aliphatic heterocycles. The SMILES string of the molecule is CCNC(=O)C(CCC(F)F)(CCC(F)F)c1ccc2nc(N)nc(C(=O)N3Cc4ccccc4C3)c2c1. The third kappa shape index (κ3) is 5.56. The summed E-state index contributed by atoms with van der Waals surface area (Å²) in [7, 11) is 0. The van der Waals surface area contributed by atoms with Crippen LogP contribution >= 0.6 is 0 Å². The van der Waals surface area contributed by atoms with Crippen LogP contribution in [0.5, 0.6) is 0 Å². The molecule has 11 heteroatoms. The summed E-state index contributed by atoms with van der Waals surface area (Å²) >= 11 is 0. The molecule has 202 valence electrons. The Hall–Kier alpha value is -3.76. The van der Waals surface area contributed by atoms with E-state index in [1.165, 1.54) is 18.2 Å². The van der Waals surface area contributed by atoms with Gasteiger partial charge in [-0.3, -0.25) is 9.59 Å². The molecule has 0 atom stereocenters. The molecule has 0 fully saturated rings. The molecule has 4 rings (SSSR count). The van der Waals surface area contributed by atoms with Gasteiger partial charge in [0.1, 0.15) is 5.69 Å². The molecule has 0 unspecified atom stereocenters. The highest BCUT2D eigenvalue weighted by Crippen LogP contribution is 2.39. The van der Waals surface area contributed by atoms with Crippen molar-refractivity contribution >= 4 is 28.7 Å². The van der Waals surface area contributed by atoms with E-state index in [0.29, 0.717) is 18.6 Å². The van der Waals surface area contributed by atoms with Crippen LogP contribution in [0.25, 0.3) is 10.9 Å². The summed E-state index contributed by atoms with van der Waals surface area (Å²) in [4.78, 5) is 36.9. The van der Waals surface area contributed by atoms with Crippen molar-refractivity contribution in [1.29, 1.82) is 0 Å². The van der Waals surface area contributed by atoms with Crippen molar-refractivity contribution in [1.82, 2.24) is 20.2 Å². The highest BCUT2D eigenvalue weighted by molar-refractivity contribution is 6.05. The predicted octanol–water partition coefficient (Wildman–Crippen LogP) is 4.83. The monoisotopic (exact) mass is 531 g/mol. The maximum absolute atomic E-state index is 13.6. The van der Waals surface area contributed by atoms with Crippen molar-refractivity contribution in [3.05, 3.63) is 64.8 Å². The summed E-state index contributed by atoms with van der Waals surface area (Å²) in [5.74, 6) is -1.17. The van der Waals surface area contributed by atoms with Gasteiger partial charge in [-0.1, -0.05) is 30.3 Å². The van der Waals surface area contributed by atoms with E-state index < -0.39 is 42.9 Å². The number of nitrogens with zero attached hydrogens (tertiary/aromatic N) is 3. The lowest BCUT2D eigenvalue weighted by atomic mass is 9.72. The van der Waals surface area contributed by atoms with Crippen LogP contribution in [0.15, 0.2) is 42.5 Å². The van der Waals surface area contributed by atoms with Crippen molar-refractivity contribution in [2.24, 2.45) is 0 Å². The number of aromatic nitrogens is 2. The predicted molar refractivity (Wildman–Crippen MR) is 135 cm³/mol. The molecule has 0 bridgehead atoms. The average Bonchev–Trinajstić information content (AvgIpc) is 3.32. The van der Waals surface area contributed by atoms with Crippen LogP contribution in [0, 0.1) is 0 Å². The zero-order valence-electron chi connectivity index (χ0n) is 20.9. The van der Waals surface area contributed by atoms with Crippen LogP contribution in [0.1, 0.15) is 59.8 Å². The van der Waals surface area contributed by atoms with Crippen LogP contribution in [-0.2, 0) is 23.3 Å². The van der Waals surface area contributed by atoms with Crippen molar-refractivity contribution in [3.63, 3.8) is 0 Å². The number of nitrogens with two attached hydrogens (primary N) is 1. The number of benzene rings is 2. The van der Waals surface area contributed by atoms with Gasteiger partial charge >= 0.3 is 0 Å². The van der Waals surface area contributed by atoms with Gasteiger partial charge in [-0.05, 0) is 48.6 Å². The van der Waals surface area contributed by atoms with E-state index in [1.54, 1.807) is 11.8 Å². The second-order valence-electron chi connectivity index (χ2n) is 9.39. The Morgan fingerprint density at radius 1 is 1.00 bits per heavy atom. The van der Waals surface area contributed by atoms with Crippen LogP contribution in [-0.4, -0.2) is 46.1 Å². The Morgan fingerprint density at radius 2 is 1.61 bits per heavy atom. The lowest BCUT2D eigenvalue weighted by Gasteiger charge is -2.33. The number of fused-ring (bicyclic) bond motifs is 2. The molecule has 0 spiro atoms. The van der Waals surface area contributed by atoms with Gasteiger partial charge in [0.15, 0.2) is 0 Å². The molecule has 2 heterocycles. The first-order valence-electron chi connectivity index (χ1n) is 12.4. The number of anilines is 1. The molecular weight excluding hydrogens is 502 g/mol. The molecule has 38 heavy (non-hydrogen) atoms. The van der Waals surface area contributed by atoms with E-state index in [2.05, 4.69) is 15.3 Å². The van der Waals surface area contributed by atoms with Gasteiger partial charge in [0.25, 0.3) is 5.91 Å². The molecule has 2 aromatic carbocycles. The zero-order chi connectivity index (χ0) is 27.4. The quantitative estimate of drug-likeness (QED) is 0.365. The number of halogens is 4. The lowest BCUT2D eigenvalue weighted by molar-refractivity contribution is -0.127. The summed E-state index contributed by atoms with van der Waals surface area (Å²) in [6.45, 7) is 2.58. The van der Waals surface area contributed by atoms with E-state index in [0.717, 1.165) is 11.1 Å². The Bertz CT molecular complexity index is 1300. The average molecular weight is 532 g/mol. The summed E-state index contributed by atoms with van der Waals surface area (Å²) in [5.41, 5.74) is 6.78. The van der Waals surface area contributed by atoms with Gasteiger partial charge < -0.3 is 16.0 Å². The Labute approximate surface area is 217 Å². The second-order valence-corrected chi connectivity index (χ2v) is 9.39. The fourth-order valence-electron chi connectivity index (χ4n) is 5.05. The second kappa shape index (κ2) is 11.3. The highest BCUT2D eigenvalue weighted by atomic mass is 19.3. The van der Waals surface area contributed by atoms with E-state index >= 15 is 0 Å². The van der Waals surface area contributed by atoms with Gasteiger partial charge in [-0.15, -0.1) is 0 Å². The molecular formula is C27H29F4N5O2. The van der Waals surface area contributed by atoms with E-state index in [4.69, 9.17) is 5.73 Å². The number of rotatable bonds is 10. The zero-order valence-corrected chi connectivity index (χ0v) is 20.9. The Balaban J connectivity index is 1.82. The maximum Gasteiger partial charge on any atom is 0.273 e. The largest absolute Gasteiger partial charge is 0.368 e. The lowest BCUT2D eigenvalue weighted by Crippen LogP contribution is -2.45. The minimum absolute atomic E-state index is 0.00493. The highest BCUT2D eigenvalue weighted by Gasteiger charge is 2.41. The third-order valence-corrected chi connectivity index (χ3v) is 6.95. The maximum atomic E-state index is 13.6. The Morgan fingerprint density at radius 3 is 2.16 bits per heavy atom. The van der Waals surface area contributed by atoms with Crippen molar-refractivity contribution < 1.29 is 27.2 Å². The number of hydrogen-bond donors (Lipinski definition) is 2. The third-order valence-electron chi connectivity index (χ3n) is 6.95. The summed E-state index contributed by atoms with van der Waals surface area (Å²) < 4.78 is 53.3. The van der Waals surface area contributed by atoms with E-state index in [-0.39, 0.29) is 42.0 Å². The fraction of sp³-hybridized carbons (Fsp3) is 0.407. The van der Waals surface area contributed by atoms with Gasteiger partial charge in [0, 0.05) is 37.9 Å². The minimum Gasteiger partial charge on any atom is -0.368 e. The van der Waals surface area contributed by atoms with Gasteiger partial charge in [0.05, 0.1) is 10.9 Å². The molecule has 0 aliphatic carbocycles. The minimum atomic E-state index is -2.73. The number of hydrogen-bond acceptors (Lipinski definition) is 5. The van der Waals surface area contributed by atoms with Crippen LogP contribution in [0.4, 0.5) is 23.5 Å². The molecule has 1 aliphatic rings. The number of amides is 2. The van der Waals surface area contributed by atoms with Crippen LogP contribution in [0.2, 0.25) is 0 Å². The summed E-state index contributed by atoms with van der Waals surface area (Å²) in [6.07, 6.45) is -7.48. The van der Waals surface area contributed by atoms with Crippen LogP contribution < -0.4 is 11.1 Å². The van der Waals surface area contributed by atoms with E-state index in [9.17, 15) is 27.2 Å². The van der Waals surface area contributed by atoms with Crippen molar-refractivity contribution in [3.8, 4) is 0 Å². The van der Waals surface area contributed by atoms with Gasteiger partial charge in [-0.25, -0.2) is 27.5 Å². The number of carbonyl (C=O) groups excluding carboxylic acids is 2. The number of nitrogen functional groups attached to an aromatic ring is 1. The molecule has 7 nitrogen and oxygen atoms in total. The first-order chi connectivity index (χ1) is 18.1. The fourth-order valence-corrected chi connectivity index (χ4v) is 5.05. The summed E-state index contributed by atoms with van der Waals surface area (Å²) in [6, 6.07) is 12.1. The number of alkyl halides is 4. The molecule has 0 saturated carbocycles. The number of carbonyl (C=O) groups is 2. The molecule has 0 saturated heterocycles. The first kappa shape index (κ1) is 27.3. The van der Waals surface area contributed by atoms with Crippen LogP contribution in [0.3, 0.4) is 0 Å². The van der Waals surface area contributed by atoms with Gasteiger partial charge in [0.2, 0.25) is 24.7 Å². The molecule has 3 N–H and O–H groups in total. The first-order valence-corrected chi connectivity index (χ1v) is 12.4. The smallest absolute Gasteiger partial charge is 0.273 e. The van der Waals surface area contributed by atoms with Gasteiger partial charge in [-0.2, -0.15) is 0 Å². The normalized spacial score (nSPS) is 13.4. The van der Waals surface area contributed by atoms with Crippen molar-refractivity contribution in [2.75, 3.05) is 12.3 Å². The topological polar surface area (TPSA) is 101 Å². The van der Waals surface area contributed by atoms with E-state index in [1.807, 2.05) is 24.3 Å².